The van der Waals surface area contributed by atoms with E-state index in [4.69, 9.17) is 15.2 Å². The third kappa shape index (κ3) is 3.77. The molecule has 3 nitrogen and oxygen atoms in total. The van der Waals surface area contributed by atoms with Gasteiger partial charge in [-0.05, 0) is 61.4 Å². The van der Waals surface area contributed by atoms with Crippen LogP contribution in [0, 0.1) is 11.7 Å². The van der Waals surface area contributed by atoms with E-state index in [0.29, 0.717) is 24.0 Å². The Labute approximate surface area is 129 Å². The number of benzene rings is 2. The molecule has 2 aromatic rings. The van der Waals surface area contributed by atoms with Crippen LogP contribution in [0.3, 0.4) is 0 Å². The highest BCUT2D eigenvalue weighted by molar-refractivity contribution is 5.35. The van der Waals surface area contributed by atoms with Crippen molar-refractivity contribution in [3.8, 4) is 17.2 Å². The van der Waals surface area contributed by atoms with Crippen molar-refractivity contribution in [2.75, 3.05) is 6.61 Å². The molecular formula is C18H20FNO2. The molecule has 1 aliphatic carbocycles. The van der Waals surface area contributed by atoms with E-state index in [2.05, 4.69) is 0 Å². The summed E-state index contributed by atoms with van der Waals surface area (Å²) in [6.45, 7) is 0.666. The predicted octanol–water partition coefficient (Wildman–Crippen LogP) is 4.12. The topological polar surface area (TPSA) is 44.5 Å². The van der Waals surface area contributed by atoms with Crippen molar-refractivity contribution in [1.29, 1.82) is 0 Å². The fourth-order valence-electron chi connectivity index (χ4n) is 2.72. The van der Waals surface area contributed by atoms with E-state index in [1.165, 1.54) is 18.6 Å². The van der Waals surface area contributed by atoms with Crippen LogP contribution in [-0.4, -0.2) is 12.6 Å². The number of rotatable bonds is 5. The molecule has 0 amide bonds. The van der Waals surface area contributed by atoms with Gasteiger partial charge in [0.15, 0.2) is 0 Å². The van der Waals surface area contributed by atoms with E-state index in [1.807, 2.05) is 24.3 Å². The third-order valence-corrected chi connectivity index (χ3v) is 4.06. The fraction of sp³-hybridized carbons (Fsp3) is 0.333. The number of hydrogen-bond donors (Lipinski definition) is 1. The lowest BCUT2D eigenvalue weighted by atomic mass is 10.1. The number of halogens is 1. The van der Waals surface area contributed by atoms with E-state index < -0.39 is 0 Å². The first-order valence-corrected chi connectivity index (χ1v) is 7.62. The van der Waals surface area contributed by atoms with Gasteiger partial charge in [-0.1, -0.05) is 6.42 Å². The van der Waals surface area contributed by atoms with Crippen LogP contribution in [0.15, 0.2) is 48.5 Å². The van der Waals surface area contributed by atoms with Gasteiger partial charge < -0.3 is 15.2 Å². The molecule has 0 heterocycles. The molecule has 1 aliphatic rings. The van der Waals surface area contributed by atoms with E-state index in [9.17, 15) is 4.39 Å². The van der Waals surface area contributed by atoms with Crippen molar-refractivity contribution in [3.05, 3.63) is 54.3 Å². The quantitative estimate of drug-likeness (QED) is 0.903. The maximum atomic E-state index is 12.8. The Morgan fingerprint density at radius 2 is 1.50 bits per heavy atom. The van der Waals surface area contributed by atoms with Crippen LogP contribution in [-0.2, 0) is 0 Å². The first kappa shape index (κ1) is 14.9. The maximum absolute atomic E-state index is 12.8. The van der Waals surface area contributed by atoms with Crippen LogP contribution >= 0.6 is 0 Å². The fourth-order valence-corrected chi connectivity index (χ4v) is 2.72. The second-order valence-corrected chi connectivity index (χ2v) is 5.69. The Balaban J connectivity index is 1.54. The lowest BCUT2D eigenvalue weighted by Crippen LogP contribution is -2.28. The van der Waals surface area contributed by atoms with E-state index in [1.54, 1.807) is 12.1 Å². The molecule has 3 rings (SSSR count). The second kappa shape index (κ2) is 6.79. The summed E-state index contributed by atoms with van der Waals surface area (Å²) in [7, 11) is 0. The smallest absolute Gasteiger partial charge is 0.127 e. The summed E-state index contributed by atoms with van der Waals surface area (Å²) in [6, 6.07) is 13.6. The molecule has 0 aliphatic heterocycles. The SMILES string of the molecule is N[C@H]1CCC[C@H]1COc1ccc(Oc2ccc(F)cc2)cc1. The minimum atomic E-state index is -0.277. The Morgan fingerprint density at radius 1 is 0.909 bits per heavy atom. The van der Waals surface area contributed by atoms with Gasteiger partial charge in [-0.25, -0.2) is 4.39 Å². The summed E-state index contributed by atoms with van der Waals surface area (Å²) in [4.78, 5) is 0. The van der Waals surface area contributed by atoms with Gasteiger partial charge in [0.1, 0.15) is 23.1 Å². The van der Waals surface area contributed by atoms with Crippen molar-refractivity contribution in [2.45, 2.75) is 25.3 Å². The largest absolute Gasteiger partial charge is 0.493 e. The Bertz CT molecular complexity index is 597. The Kier molecular flexibility index (Phi) is 4.59. The minimum Gasteiger partial charge on any atom is -0.493 e. The van der Waals surface area contributed by atoms with E-state index in [-0.39, 0.29) is 11.9 Å². The highest BCUT2D eigenvalue weighted by Crippen LogP contribution is 2.27. The van der Waals surface area contributed by atoms with Gasteiger partial charge in [0.2, 0.25) is 0 Å². The molecule has 0 spiro atoms. The lowest BCUT2D eigenvalue weighted by molar-refractivity contribution is 0.239. The number of ether oxygens (including phenoxy) is 2. The van der Waals surface area contributed by atoms with Crippen molar-refractivity contribution in [1.82, 2.24) is 0 Å². The first-order chi connectivity index (χ1) is 10.7. The highest BCUT2D eigenvalue weighted by atomic mass is 19.1. The molecule has 0 bridgehead atoms. The summed E-state index contributed by atoms with van der Waals surface area (Å²) in [6.07, 6.45) is 3.44. The Hall–Kier alpha value is -2.07. The van der Waals surface area contributed by atoms with Crippen LogP contribution in [0.4, 0.5) is 4.39 Å². The molecule has 0 unspecified atom stereocenters. The maximum Gasteiger partial charge on any atom is 0.127 e. The van der Waals surface area contributed by atoms with Crippen molar-refractivity contribution in [3.63, 3.8) is 0 Å². The molecule has 1 saturated carbocycles. The molecule has 1 fully saturated rings. The molecule has 2 N–H and O–H groups in total. The molecular weight excluding hydrogens is 281 g/mol. The summed E-state index contributed by atoms with van der Waals surface area (Å²) >= 11 is 0. The lowest BCUT2D eigenvalue weighted by Gasteiger charge is -2.16. The van der Waals surface area contributed by atoms with E-state index >= 15 is 0 Å². The zero-order valence-electron chi connectivity index (χ0n) is 12.4. The normalized spacial score (nSPS) is 20.8. The first-order valence-electron chi connectivity index (χ1n) is 7.62. The number of hydrogen-bond acceptors (Lipinski definition) is 3. The van der Waals surface area contributed by atoms with Gasteiger partial charge in [-0.3, -0.25) is 0 Å². The molecule has 22 heavy (non-hydrogen) atoms. The molecule has 0 aromatic heterocycles. The van der Waals surface area contributed by atoms with Crippen LogP contribution in [0.2, 0.25) is 0 Å². The van der Waals surface area contributed by atoms with Gasteiger partial charge in [0.05, 0.1) is 6.61 Å². The highest BCUT2D eigenvalue weighted by Gasteiger charge is 2.24. The average molecular weight is 301 g/mol. The van der Waals surface area contributed by atoms with Crippen LogP contribution in [0.1, 0.15) is 19.3 Å². The van der Waals surface area contributed by atoms with Gasteiger partial charge in [-0.2, -0.15) is 0 Å². The standard InChI is InChI=1S/C18H20FNO2/c19-14-4-6-16(7-5-14)22-17-10-8-15(9-11-17)21-12-13-2-1-3-18(13)20/h4-11,13,18H,1-3,12,20H2/t13-,18-/m0/s1. The van der Waals surface area contributed by atoms with Crippen molar-refractivity contribution >= 4 is 0 Å². The van der Waals surface area contributed by atoms with E-state index in [0.717, 1.165) is 18.6 Å². The van der Waals surface area contributed by atoms with Gasteiger partial charge in [0.25, 0.3) is 0 Å². The summed E-state index contributed by atoms with van der Waals surface area (Å²) in [5.41, 5.74) is 6.04. The van der Waals surface area contributed by atoms with Crippen LogP contribution in [0.5, 0.6) is 17.2 Å². The monoisotopic (exact) mass is 301 g/mol. The van der Waals surface area contributed by atoms with Gasteiger partial charge >= 0.3 is 0 Å². The predicted molar refractivity (Wildman–Crippen MR) is 83.7 cm³/mol. The third-order valence-electron chi connectivity index (χ3n) is 4.06. The van der Waals surface area contributed by atoms with Gasteiger partial charge in [0, 0.05) is 12.0 Å². The molecule has 0 radical (unpaired) electrons. The zero-order valence-corrected chi connectivity index (χ0v) is 12.4. The molecule has 116 valence electrons. The van der Waals surface area contributed by atoms with Crippen LogP contribution in [0.25, 0.3) is 0 Å². The summed E-state index contributed by atoms with van der Waals surface area (Å²) in [5, 5.41) is 0. The minimum absolute atomic E-state index is 0.265. The Morgan fingerprint density at radius 3 is 2.09 bits per heavy atom. The molecule has 2 atom stereocenters. The summed E-state index contributed by atoms with van der Waals surface area (Å²) < 4.78 is 24.3. The summed E-state index contributed by atoms with van der Waals surface area (Å²) in [5.74, 6) is 2.28. The second-order valence-electron chi connectivity index (χ2n) is 5.69. The molecule has 4 heteroatoms. The van der Waals surface area contributed by atoms with Gasteiger partial charge in [-0.15, -0.1) is 0 Å². The average Bonchev–Trinajstić information content (AvgIpc) is 2.94. The van der Waals surface area contributed by atoms with Crippen molar-refractivity contribution in [2.24, 2.45) is 11.7 Å². The van der Waals surface area contributed by atoms with Crippen molar-refractivity contribution < 1.29 is 13.9 Å². The van der Waals surface area contributed by atoms with Crippen LogP contribution < -0.4 is 15.2 Å². The molecule has 2 aromatic carbocycles. The molecule has 0 saturated heterocycles. The zero-order chi connectivity index (χ0) is 15.4. The number of nitrogens with two attached hydrogens (primary N) is 1.